The predicted octanol–water partition coefficient (Wildman–Crippen LogP) is 1.36. The number of amides is 3. The first-order valence-electron chi connectivity index (χ1n) is 7.67. The van der Waals surface area contributed by atoms with Crippen LogP contribution in [0.25, 0.3) is 0 Å². The Bertz CT molecular complexity index is 493. The lowest BCUT2D eigenvalue weighted by atomic mass is 9.97. The van der Waals surface area contributed by atoms with E-state index in [1.54, 1.807) is 0 Å². The molecule has 6 heteroatoms. The summed E-state index contributed by atoms with van der Waals surface area (Å²) < 4.78 is 5.56. The number of benzene rings is 1. The highest BCUT2D eigenvalue weighted by atomic mass is 16.5. The second-order valence-corrected chi connectivity index (χ2v) is 5.43. The second kappa shape index (κ2) is 8.26. The van der Waals surface area contributed by atoms with Crippen LogP contribution in [-0.2, 0) is 4.79 Å². The van der Waals surface area contributed by atoms with Gasteiger partial charge in [-0.25, -0.2) is 4.79 Å². The highest BCUT2D eigenvalue weighted by Crippen LogP contribution is 2.16. The van der Waals surface area contributed by atoms with Gasteiger partial charge in [0, 0.05) is 19.6 Å². The van der Waals surface area contributed by atoms with Crippen molar-refractivity contribution in [1.82, 2.24) is 10.2 Å². The number of likely N-dealkylation sites (tertiary alicyclic amines) is 1. The fraction of sp³-hybridized carbons (Fsp3) is 0.500. The van der Waals surface area contributed by atoms with Crippen LogP contribution in [0.15, 0.2) is 30.3 Å². The molecule has 0 unspecified atom stereocenters. The van der Waals surface area contributed by atoms with Crippen molar-refractivity contribution in [3.05, 3.63) is 30.3 Å². The van der Waals surface area contributed by atoms with Gasteiger partial charge in [0.15, 0.2) is 0 Å². The molecular formula is C16H23N3O3. The van der Waals surface area contributed by atoms with Gasteiger partial charge in [-0.05, 0) is 31.4 Å². The molecule has 1 aliphatic rings. The number of ether oxygens (including phenoxy) is 1. The second-order valence-electron chi connectivity index (χ2n) is 5.43. The van der Waals surface area contributed by atoms with Crippen LogP contribution in [0.2, 0.25) is 0 Å². The van der Waals surface area contributed by atoms with Crippen molar-refractivity contribution in [2.45, 2.75) is 19.3 Å². The van der Waals surface area contributed by atoms with Gasteiger partial charge >= 0.3 is 6.03 Å². The molecule has 0 radical (unpaired) electrons. The van der Waals surface area contributed by atoms with Crippen LogP contribution >= 0.6 is 0 Å². The summed E-state index contributed by atoms with van der Waals surface area (Å²) in [5.74, 6) is 0.667. The third kappa shape index (κ3) is 4.95. The summed E-state index contributed by atoms with van der Waals surface area (Å²) in [7, 11) is 0. The number of carbonyl (C=O) groups is 2. The molecule has 1 aliphatic heterocycles. The summed E-state index contributed by atoms with van der Waals surface area (Å²) in [6.07, 6.45) is 2.36. The van der Waals surface area contributed by atoms with Gasteiger partial charge in [0.1, 0.15) is 5.75 Å². The largest absolute Gasteiger partial charge is 0.494 e. The number of piperidine rings is 1. The number of para-hydroxylation sites is 1. The maximum Gasteiger partial charge on any atom is 0.314 e. The third-order valence-electron chi connectivity index (χ3n) is 3.74. The molecule has 0 bridgehead atoms. The molecule has 6 nitrogen and oxygen atoms in total. The molecule has 0 aliphatic carbocycles. The van der Waals surface area contributed by atoms with Gasteiger partial charge in [-0.15, -0.1) is 0 Å². The fourth-order valence-electron chi connectivity index (χ4n) is 2.53. The van der Waals surface area contributed by atoms with Crippen molar-refractivity contribution in [3.8, 4) is 5.75 Å². The van der Waals surface area contributed by atoms with Crippen LogP contribution < -0.4 is 15.8 Å². The molecule has 3 N–H and O–H groups in total. The molecule has 3 amide bonds. The Morgan fingerprint density at radius 2 is 2.09 bits per heavy atom. The standard InChI is InChI=1S/C16H23N3O3/c17-16(21)19-10-4-6-13(12-19)15(20)18-9-5-11-22-14-7-2-1-3-8-14/h1-3,7-8,13H,4-6,9-12H2,(H2,17,21)(H,18,20)/t13-/m1/s1. The first kappa shape index (κ1) is 16.1. The number of rotatable bonds is 6. The van der Waals surface area contributed by atoms with Crippen molar-refractivity contribution in [3.63, 3.8) is 0 Å². The zero-order valence-electron chi connectivity index (χ0n) is 12.7. The Balaban J connectivity index is 1.62. The number of carbonyl (C=O) groups excluding carboxylic acids is 2. The number of urea groups is 1. The van der Waals surface area contributed by atoms with Crippen LogP contribution in [0.4, 0.5) is 4.79 Å². The first-order valence-corrected chi connectivity index (χ1v) is 7.67. The van der Waals surface area contributed by atoms with Crippen molar-refractivity contribution in [2.24, 2.45) is 11.7 Å². The third-order valence-corrected chi connectivity index (χ3v) is 3.74. The van der Waals surface area contributed by atoms with E-state index in [4.69, 9.17) is 10.5 Å². The molecule has 1 aromatic rings. The molecular weight excluding hydrogens is 282 g/mol. The lowest BCUT2D eigenvalue weighted by Crippen LogP contribution is -2.47. The van der Waals surface area contributed by atoms with Gasteiger partial charge in [0.2, 0.25) is 5.91 Å². The van der Waals surface area contributed by atoms with Gasteiger partial charge in [-0.3, -0.25) is 4.79 Å². The summed E-state index contributed by atoms with van der Waals surface area (Å²) in [6.45, 7) is 2.19. The molecule has 22 heavy (non-hydrogen) atoms. The minimum Gasteiger partial charge on any atom is -0.494 e. The quantitative estimate of drug-likeness (QED) is 0.778. The fourth-order valence-corrected chi connectivity index (χ4v) is 2.53. The smallest absolute Gasteiger partial charge is 0.314 e. The van der Waals surface area contributed by atoms with E-state index in [9.17, 15) is 9.59 Å². The Labute approximate surface area is 130 Å². The molecule has 0 aromatic heterocycles. The minimum absolute atomic E-state index is 0.00865. The molecule has 0 saturated carbocycles. The number of primary amides is 1. The summed E-state index contributed by atoms with van der Waals surface area (Å²) in [5, 5.41) is 2.90. The number of hydrogen-bond acceptors (Lipinski definition) is 3. The van der Waals surface area contributed by atoms with Crippen LogP contribution in [0.5, 0.6) is 5.75 Å². The zero-order valence-corrected chi connectivity index (χ0v) is 12.7. The number of nitrogens with one attached hydrogen (secondary N) is 1. The van der Waals surface area contributed by atoms with Gasteiger partial charge in [-0.1, -0.05) is 18.2 Å². The Morgan fingerprint density at radius 3 is 2.82 bits per heavy atom. The minimum atomic E-state index is -0.450. The predicted molar refractivity (Wildman–Crippen MR) is 83.4 cm³/mol. The maximum atomic E-state index is 12.1. The van der Waals surface area contributed by atoms with Crippen LogP contribution in [-0.4, -0.2) is 43.1 Å². The first-order chi connectivity index (χ1) is 10.7. The molecule has 1 fully saturated rings. The van der Waals surface area contributed by atoms with Crippen molar-refractivity contribution < 1.29 is 14.3 Å². The highest BCUT2D eigenvalue weighted by molar-refractivity contribution is 5.80. The van der Waals surface area contributed by atoms with E-state index >= 15 is 0 Å². The average Bonchev–Trinajstić information content (AvgIpc) is 2.55. The summed E-state index contributed by atoms with van der Waals surface area (Å²) in [5.41, 5.74) is 5.26. The highest BCUT2D eigenvalue weighted by Gasteiger charge is 2.26. The van der Waals surface area contributed by atoms with E-state index < -0.39 is 6.03 Å². The number of nitrogens with two attached hydrogens (primary N) is 1. The van der Waals surface area contributed by atoms with E-state index in [1.807, 2.05) is 30.3 Å². The van der Waals surface area contributed by atoms with Crippen molar-refractivity contribution in [2.75, 3.05) is 26.2 Å². The Hall–Kier alpha value is -2.24. The van der Waals surface area contributed by atoms with Crippen LogP contribution in [0.1, 0.15) is 19.3 Å². The molecule has 120 valence electrons. The topological polar surface area (TPSA) is 84.7 Å². The maximum absolute atomic E-state index is 12.1. The van der Waals surface area contributed by atoms with Crippen LogP contribution in [0.3, 0.4) is 0 Å². The van der Waals surface area contributed by atoms with Crippen LogP contribution in [0, 0.1) is 5.92 Å². The van der Waals surface area contributed by atoms with Gasteiger partial charge < -0.3 is 20.7 Å². The molecule has 0 spiro atoms. The number of nitrogens with zero attached hydrogens (tertiary/aromatic N) is 1. The molecule has 1 heterocycles. The van der Waals surface area contributed by atoms with Gasteiger partial charge in [0.25, 0.3) is 0 Å². The monoisotopic (exact) mass is 305 g/mol. The summed E-state index contributed by atoms with van der Waals surface area (Å²) >= 11 is 0. The van der Waals surface area contributed by atoms with E-state index in [1.165, 1.54) is 4.90 Å². The van der Waals surface area contributed by atoms with Crippen molar-refractivity contribution in [1.29, 1.82) is 0 Å². The molecule has 2 rings (SSSR count). The zero-order chi connectivity index (χ0) is 15.8. The van der Waals surface area contributed by atoms with E-state index in [0.717, 1.165) is 25.0 Å². The lowest BCUT2D eigenvalue weighted by Gasteiger charge is -2.30. The SMILES string of the molecule is NC(=O)N1CCC[C@@H](C(=O)NCCCOc2ccccc2)C1. The number of hydrogen-bond donors (Lipinski definition) is 2. The van der Waals surface area contributed by atoms with Gasteiger partial charge in [-0.2, -0.15) is 0 Å². The normalized spacial score (nSPS) is 17.8. The molecule has 1 saturated heterocycles. The van der Waals surface area contributed by atoms with E-state index in [-0.39, 0.29) is 11.8 Å². The average molecular weight is 305 g/mol. The lowest BCUT2D eigenvalue weighted by molar-refractivity contribution is -0.126. The van der Waals surface area contributed by atoms with Crippen molar-refractivity contribution >= 4 is 11.9 Å². The van der Waals surface area contributed by atoms with E-state index in [0.29, 0.717) is 26.2 Å². The molecule has 1 atom stereocenters. The summed E-state index contributed by atoms with van der Waals surface area (Å²) in [6, 6.07) is 9.13. The Morgan fingerprint density at radius 1 is 1.32 bits per heavy atom. The van der Waals surface area contributed by atoms with E-state index in [2.05, 4.69) is 5.32 Å². The Kier molecular flexibility index (Phi) is 6.06. The molecule has 1 aromatic carbocycles. The van der Waals surface area contributed by atoms with Gasteiger partial charge in [0.05, 0.1) is 12.5 Å². The summed E-state index contributed by atoms with van der Waals surface area (Å²) in [4.78, 5) is 24.8.